The van der Waals surface area contributed by atoms with Crippen molar-refractivity contribution in [2.24, 2.45) is 0 Å². The van der Waals surface area contributed by atoms with Crippen molar-refractivity contribution in [2.75, 3.05) is 19.8 Å². The van der Waals surface area contributed by atoms with Gasteiger partial charge in [0.25, 0.3) is 7.82 Å². The molecule has 12 heteroatoms. The first kappa shape index (κ1) is 51.4. The van der Waals surface area contributed by atoms with Gasteiger partial charge in [0.1, 0.15) is 25.2 Å². The summed E-state index contributed by atoms with van der Waals surface area (Å²) >= 11 is 0. The lowest BCUT2D eigenvalue weighted by Crippen LogP contribution is -2.70. The molecule has 0 spiro atoms. The summed E-state index contributed by atoms with van der Waals surface area (Å²) in [7, 11) is -4.96. The third-order valence-corrected chi connectivity index (χ3v) is 9.54. The van der Waals surface area contributed by atoms with Crippen molar-refractivity contribution in [2.45, 2.75) is 180 Å². The first-order valence-electron chi connectivity index (χ1n) is 20.7. The average molecular weight is 783 g/mol. The number of carboxylic acids is 1. The van der Waals surface area contributed by atoms with E-state index in [0.717, 1.165) is 44.9 Å². The van der Waals surface area contributed by atoms with Gasteiger partial charge in [-0.2, -0.15) is 0 Å². The molecule has 0 rings (SSSR count). The van der Waals surface area contributed by atoms with E-state index in [2.05, 4.69) is 60.6 Å². The van der Waals surface area contributed by atoms with Crippen LogP contribution in [-0.4, -0.2) is 49.9 Å². The monoisotopic (exact) mass is 782 g/mol. The zero-order chi connectivity index (χ0) is 40.0. The molecule has 0 saturated heterocycles. The van der Waals surface area contributed by atoms with Crippen LogP contribution >= 0.6 is 7.82 Å². The maximum atomic E-state index is 12.6. The number of phosphoric ester groups is 1. The predicted molar refractivity (Wildman–Crippen MR) is 211 cm³/mol. The second-order valence-corrected chi connectivity index (χ2v) is 15.2. The van der Waals surface area contributed by atoms with Crippen molar-refractivity contribution in [3.8, 4) is 0 Å². The SMILES string of the molecule is CCCCC/C=C\C/C=C\C/C=C\C/C=C\CCCC(=O)O[C@H](COC(=O)CCCCCCCCCCCCCCC)COP(=O)([O-])OC[C@H]([NH3+])C(=O)[O-]. The van der Waals surface area contributed by atoms with Gasteiger partial charge < -0.3 is 39.0 Å². The van der Waals surface area contributed by atoms with Crippen LogP contribution in [0.5, 0.6) is 0 Å². The van der Waals surface area contributed by atoms with Crippen LogP contribution in [0.2, 0.25) is 0 Å². The predicted octanol–water partition coefficient (Wildman–Crippen LogP) is 7.93. The minimum atomic E-state index is -4.96. The van der Waals surface area contributed by atoms with Gasteiger partial charge in [0.2, 0.25) is 0 Å². The number of carbonyl (C=O) groups excluding carboxylic acids is 3. The number of quaternary nitrogens is 1. The van der Waals surface area contributed by atoms with Gasteiger partial charge in [-0.05, 0) is 51.4 Å². The molecule has 0 amide bonds. The summed E-state index contributed by atoms with van der Waals surface area (Å²) in [4.78, 5) is 47.9. The Morgan fingerprint density at radius 2 is 1.00 bits per heavy atom. The van der Waals surface area contributed by atoms with Gasteiger partial charge in [-0.15, -0.1) is 0 Å². The molecule has 0 aliphatic rings. The maximum Gasteiger partial charge on any atom is 0.306 e. The van der Waals surface area contributed by atoms with Crippen molar-refractivity contribution in [1.82, 2.24) is 0 Å². The number of aliphatic carboxylic acids is 1. The van der Waals surface area contributed by atoms with Gasteiger partial charge >= 0.3 is 11.9 Å². The van der Waals surface area contributed by atoms with Crippen molar-refractivity contribution in [3.63, 3.8) is 0 Å². The number of hydrogen-bond donors (Lipinski definition) is 1. The fraction of sp³-hybridized carbons (Fsp3) is 0.738. The standard InChI is InChI=1S/C42H74NO10P/c1-3-5-7-9-11-13-15-17-18-19-20-22-24-26-28-30-32-34-41(45)53-38(36-51-54(48,49)52-37-39(43)42(46)47)35-50-40(44)33-31-29-27-25-23-21-16-14-12-10-8-6-4-2/h11,13,17-18,20,22,26,28,38-39H,3-10,12,14-16,19,21,23-25,27,29-37,43H2,1-2H3,(H,46,47)(H,48,49)/p-1/b13-11-,18-17-,22-20-,28-26-/t38-,39+/m1/s1. The van der Waals surface area contributed by atoms with Crippen LogP contribution in [-0.2, 0) is 37.5 Å². The number of unbranched alkanes of at least 4 members (excludes halogenated alkanes) is 16. The highest BCUT2D eigenvalue weighted by Gasteiger charge is 2.22. The van der Waals surface area contributed by atoms with E-state index in [4.69, 9.17) is 14.0 Å². The molecule has 1 unspecified atom stereocenters. The third-order valence-electron chi connectivity index (χ3n) is 8.61. The molecular weight excluding hydrogens is 709 g/mol. The zero-order valence-corrected chi connectivity index (χ0v) is 34.5. The number of rotatable bonds is 38. The van der Waals surface area contributed by atoms with Gasteiger partial charge in [-0.25, -0.2) is 0 Å². The molecule has 11 nitrogen and oxygen atoms in total. The van der Waals surface area contributed by atoms with E-state index >= 15 is 0 Å². The molecule has 0 aromatic rings. The van der Waals surface area contributed by atoms with Crippen LogP contribution in [0.1, 0.15) is 168 Å². The third kappa shape index (κ3) is 36.4. The Kier molecular flexibility index (Phi) is 35.6. The summed E-state index contributed by atoms with van der Waals surface area (Å²) < 4.78 is 32.2. The van der Waals surface area contributed by atoms with E-state index in [0.29, 0.717) is 19.3 Å². The minimum Gasteiger partial charge on any atom is -0.756 e. The van der Waals surface area contributed by atoms with Crippen LogP contribution in [0.25, 0.3) is 0 Å². The van der Waals surface area contributed by atoms with E-state index in [1.807, 2.05) is 12.2 Å². The summed E-state index contributed by atoms with van der Waals surface area (Å²) in [5.41, 5.74) is 3.23. The summed E-state index contributed by atoms with van der Waals surface area (Å²) in [6.07, 6.45) is 40.2. The number of carbonyl (C=O) groups is 3. The smallest absolute Gasteiger partial charge is 0.306 e. The van der Waals surface area contributed by atoms with Crippen molar-refractivity contribution in [3.05, 3.63) is 48.6 Å². The highest BCUT2D eigenvalue weighted by molar-refractivity contribution is 7.45. The van der Waals surface area contributed by atoms with Crippen molar-refractivity contribution >= 4 is 25.7 Å². The average Bonchev–Trinajstić information content (AvgIpc) is 3.14. The molecule has 312 valence electrons. The quantitative estimate of drug-likeness (QED) is 0.0280. The molecule has 0 bridgehead atoms. The topological polar surface area (TPSA) is 179 Å². The van der Waals surface area contributed by atoms with Crippen molar-refractivity contribution in [1.29, 1.82) is 0 Å². The summed E-state index contributed by atoms with van der Waals surface area (Å²) in [5.74, 6) is -2.65. The molecule has 0 aromatic heterocycles. The first-order valence-corrected chi connectivity index (χ1v) is 22.2. The fourth-order valence-electron chi connectivity index (χ4n) is 5.29. The summed E-state index contributed by atoms with van der Waals surface area (Å²) in [5, 5.41) is 10.8. The maximum absolute atomic E-state index is 12.6. The Balaban J connectivity index is 4.50. The van der Waals surface area contributed by atoms with E-state index in [1.165, 1.54) is 77.0 Å². The molecule has 0 aliphatic heterocycles. The number of esters is 2. The van der Waals surface area contributed by atoms with E-state index in [-0.39, 0.29) is 12.8 Å². The molecule has 0 aromatic carbocycles. The Labute approximate surface area is 326 Å². The highest BCUT2D eigenvalue weighted by atomic mass is 31.2. The highest BCUT2D eigenvalue weighted by Crippen LogP contribution is 2.38. The molecule has 0 aliphatic carbocycles. The van der Waals surface area contributed by atoms with Gasteiger partial charge in [-0.3, -0.25) is 14.2 Å². The normalized spacial score (nSPS) is 14.3. The van der Waals surface area contributed by atoms with E-state index < -0.39 is 57.7 Å². The number of carboxylic acid groups (broad SMARTS) is 1. The van der Waals surface area contributed by atoms with Gasteiger partial charge in [0.05, 0.1) is 6.61 Å². The molecule has 54 heavy (non-hydrogen) atoms. The second-order valence-electron chi connectivity index (χ2n) is 13.8. The van der Waals surface area contributed by atoms with Crippen LogP contribution in [0.15, 0.2) is 48.6 Å². The minimum absolute atomic E-state index is 0.0712. The van der Waals surface area contributed by atoms with Crippen LogP contribution in [0.4, 0.5) is 0 Å². The summed E-state index contributed by atoms with van der Waals surface area (Å²) in [6, 6.07) is -1.43. The lowest BCUT2D eigenvalue weighted by molar-refractivity contribution is -0.441. The van der Waals surface area contributed by atoms with Crippen LogP contribution < -0.4 is 15.7 Å². The van der Waals surface area contributed by atoms with Crippen LogP contribution in [0.3, 0.4) is 0 Å². The molecule has 3 N–H and O–H groups in total. The molecule has 3 atom stereocenters. The number of phosphoric acid groups is 1. The summed E-state index contributed by atoms with van der Waals surface area (Å²) in [6.45, 7) is 2.61. The largest absolute Gasteiger partial charge is 0.756 e. The van der Waals surface area contributed by atoms with Crippen LogP contribution in [0, 0.1) is 0 Å². The Bertz CT molecular complexity index is 1110. The Morgan fingerprint density at radius 3 is 1.52 bits per heavy atom. The van der Waals surface area contributed by atoms with Gasteiger partial charge in [0, 0.05) is 12.8 Å². The number of ether oxygens (including phenoxy) is 2. The molecule has 0 saturated carbocycles. The van der Waals surface area contributed by atoms with Gasteiger partial charge in [-0.1, -0.05) is 152 Å². The zero-order valence-electron chi connectivity index (χ0n) is 33.6. The first-order chi connectivity index (χ1) is 26.1. The Hall–Kier alpha value is -2.56. The number of hydrogen-bond acceptors (Lipinski definition) is 10. The second kappa shape index (κ2) is 37.4. The lowest BCUT2D eigenvalue weighted by Gasteiger charge is -2.26. The Morgan fingerprint density at radius 1 is 0.574 bits per heavy atom. The molecule has 0 radical (unpaired) electrons. The van der Waals surface area contributed by atoms with E-state index in [9.17, 15) is 28.9 Å². The molecule has 0 heterocycles. The fourth-order valence-corrected chi connectivity index (χ4v) is 6.08. The van der Waals surface area contributed by atoms with Gasteiger partial charge in [0.15, 0.2) is 6.10 Å². The van der Waals surface area contributed by atoms with E-state index in [1.54, 1.807) is 0 Å². The molecular formula is C42H73NO10P-. The van der Waals surface area contributed by atoms with Crippen molar-refractivity contribution < 1.29 is 53.2 Å². The number of allylic oxidation sites excluding steroid dienone is 8. The molecule has 0 fully saturated rings. The lowest BCUT2D eigenvalue weighted by atomic mass is 10.0.